The first-order valence-electron chi connectivity index (χ1n) is 7.38. The zero-order valence-electron chi connectivity index (χ0n) is 12.9. The Morgan fingerprint density at radius 3 is 2.52 bits per heavy atom. The first-order valence-corrected chi connectivity index (χ1v) is 9.74. The number of amides is 1. The molecule has 0 atom stereocenters. The quantitative estimate of drug-likeness (QED) is 0.794. The highest BCUT2D eigenvalue weighted by atomic mass is 32.2. The van der Waals surface area contributed by atoms with Crippen molar-refractivity contribution in [3.05, 3.63) is 52.7 Å². The molecule has 0 bridgehead atoms. The molecule has 0 unspecified atom stereocenters. The highest BCUT2D eigenvalue weighted by molar-refractivity contribution is 7.89. The van der Waals surface area contributed by atoms with E-state index in [1.807, 2.05) is 24.4 Å². The maximum absolute atomic E-state index is 12.2. The van der Waals surface area contributed by atoms with Crippen LogP contribution >= 0.6 is 11.3 Å². The topological polar surface area (TPSA) is 66.5 Å². The number of sulfonamides is 1. The molecule has 0 aliphatic rings. The Bertz CT molecular complexity index is 713. The van der Waals surface area contributed by atoms with E-state index in [0.29, 0.717) is 13.1 Å². The van der Waals surface area contributed by atoms with E-state index in [-0.39, 0.29) is 23.8 Å². The number of benzene rings is 1. The lowest BCUT2D eigenvalue weighted by Crippen LogP contribution is -2.34. The summed E-state index contributed by atoms with van der Waals surface area (Å²) in [5, 5.41) is 1.97. The van der Waals surface area contributed by atoms with Gasteiger partial charge in [0, 0.05) is 24.4 Å². The number of nitrogens with one attached hydrogen (secondary N) is 1. The Morgan fingerprint density at radius 1 is 1.17 bits per heavy atom. The highest BCUT2D eigenvalue weighted by Gasteiger charge is 2.16. The van der Waals surface area contributed by atoms with E-state index >= 15 is 0 Å². The third kappa shape index (κ3) is 5.16. The van der Waals surface area contributed by atoms with Crippen LogP contribution in [0.3, 0.4) is 0 Å². The average molecular weight is 352 g/mol. The first-order chi connectivity index (χ1) is 11.0. The van der Waals surface area contributed by atoms with E-state index in [1.54, 1.807) is 34.4 Å². The molecule has 0 aliphatic heterocycles. The van der Waals surface area contributed by atoms with Gasteiger partial charge in [0.2, 0.25) is 15.9 Å². The van der Waals surface area contributed by atoms with Crippen LogP contribution in [-0.4, -0.2) is 32.3 Å². The molecule has 2 rings (SSSR count). The normalized spacial score (nSPS) is 11.3. The van der Waals surface area contributed by atoms with Gasteiger partial charge in [-0.05, 0) is 30.5 Å². The van der Waals surface area contributed by atoms with Gasteiger partial charge in [0.15, 0.2) is 0 Å². The minimum Gasteiger partial charge on any atom is -0.338 e. The monoisotopic (exact) mass is 352 g/mol. The largest absolute Gasteiger partial charge is 0.338 e. The maximum Gasteiger partial charge on any atom is 0.240 e. The van der Waals surface area contributed by atoms with Crippen LogP contribution in [0.15, 0.2) is 52.7 Å². The number of hydrogen-bond acceptors (Lipinski definition) is 4. The predicted octanol–water partition coefficient (Wildman–Crippen LogP) is 2.47. The number of thiophene rings is 1. The Balaban J connectivity index is 1.86. The lowest BCUT2D eigenvalue weighted by Gasteiger charge is -2.20. The standard InChI is InChI=1S/C16H20N2O3S2/c1-2-18(13-14-7-6-12-22-14)16(19)10-11-17-23(20,21)15-8-4-3-5-9-15/h3-9,12,17H,2,10-11,13H2,1H3. The molecule has 7 heteroatoms. The number of nitrogens with zero attached hydrogens (tertiary/aromatic N) is 1. The van der Waals surface area contributed by atoms with Crippen LogP contribution in [0.5, 0.6) is 0 Å². The Morgan fingerprint density at radius 2 is 1.91 bits per heavy atom. The summed E-state index contributed by atoms with van der Waals surface area (Å²) in [6, 6.07) is 12.1. The summed E-state index contributed by atoms with van der Waals surface area (Å²) in [5.41, 5.74) is 0. The summed E-state index contributed by atoms with van der Waals surface area (Å²) in [5.74, 6) is -0.0586. The number of carbonyl (C=O) groups is 1. The molecule has 0 saturated heterocycles. The summed E-state index contributed by atoms with van der Waals surface area (Å²) < 4.78 is 26.6. The second-order valence-electron chi connectivity index (χ2n) is 4.95. The van der Waals surface area contributed by atoms with Gasteiger partial charge in [-0.2, -0.15) is 0 Å². The van der Waals surface area contributed by atoms with Crippen molar-refractivity contribution in [3.63, 3.8) is 0 Å². The third-order valence-electron chi connectivity index (χ3n) is 3.35. The van der Waals surface area contributed by atoms with Gasteiger partial charge in [-0.15, -0.1) is 11.3 Å². The fraction of sp³-hybridized carbons (Fsp3) is 0.312. The van der Waals surface area contributed by atoms with Crippen molar-refractivity contribution in [2.45, 2.75) is 24.8 Å². The molecule has 5 nitrogen and oxygen atoms in total. The molecule has 0 aliphatic carbocycles. The maximum atomic E-state index is 12.2. The van der Waals surface area contributed by atoms with E-state index in [4.69, 9.17) is 0 Å². The van der Waals surface area contributed by atoms with Gasteiger partial charge in [-0.3, -0.25) is 4.79 Å². The summed E-state index contributed by atoms with van der Waals surface area (Å²) in [6.07, 6.45) is 0.144. The fourth-order valence-corrected chi connectivity index (χ4v) is 3.87. The van der Waals surface area contributed by atoms with Crippen LogP contribution in [0.2, 0.25) is 0 Å². The van der Waals surface area contributed by atoms with Gasteiger partial charge in [0.1, 0.15) is 0 Å². The van der Waals surface area contributed by atoms with Gasteiger partial charge in [-0.25, -0.2) is 13.1 Å². The smallest absolute Gasteiger partial charge is 0.240 e. The second-order valence-corrected chi connectivity index (χ2v) is 7.75. The van der Waals surface area contributed by atoms with Crippen LogP contribution in [0, 0.1) is 0 Å². The lowest BCUT2D eigenvalue weighted by molar-refractivity contribution is -0.131. The number of hydrogen-bond donors (Lipinski definition) is 1. The van der Waals surface area contributed by atoms with Crippen LogP contribution in [0.1, 0.15) is 18.2 Å². The summed E-state index contributed by atoms with van der Waals surface area (Å²) in [4.78, 5) is 15.3. The lowest BCUT2D eigenvalue weighted by atomic mass is 10.3. The van der Waals surface area contributed by atoms with E-state index in [1.165, 1.54) is 12.1 Å². The summed E-state index contributed by atoms with van der Waals surface area (Å²) in [6.45, 7) is 3.18. The van der Waals surface area contributed by atoms with Crippen molar-refractivity contribution >= 4 is 27.3 Å². The number of rotatable bonds is 8. The molecule has 1 N–H and O–H groups in total. The first kappa shape index (κ1) is 17.7. The molecule has 1 heterocycles. The summed E-state index contributed by atoms with van der Waals surface area (Å²) >= 11 is 1.60. The van der Waals surface area contributed by atoms with Crippen molar-refractivity contribution in [1.29, 1.82) is 0 Å². The predicted molar refractivity (Wildman–Crippen MR) is 91.7 cm³/mol. The molecule has 0 fully saturated rings. The highest BCUT2D eigenvalue weighted by Crippen LogP contribution is 2.12. The molecule has 1 aromatic heterocycles. The van der Waals surface area contributed by atoms with Crippen LogP contribution in [0.4, 0.5) is 0 Å². The van der Waals surface area contributed by atoms with Gasteiger partial charge < -0.3 is 4.90 Å². The van der Waals surface area contributed by atoms with Gasteiger partial charge in [0.25, 0.3) is 0 Å². The van der Waals surface area contributed by atoms with E-state index in [2.05, 4.69) is 4.72 Å². The zero-order valence-corrected chi connectivity index (χ0v) is 14.6. The molecule has 0 spiro atoms. The SMILES string of the molecule is CCN(Cc1cccs1)C(=O)CCNS(=O)(=O)c1ccccc1. The molecule has 124 valence electrons. The summed E-state index contributed by atoms with van der Waals surface area (Å²) in [7, 11) is -3.56. The van der Waals surface area contributed by atoms with Gasteiger partial charge in [-0.1, -0.05) is 24.3 Å². The Kier molecular flexibility index (Phi) is 6.32. The molecule has 0 saturated carbocycles. The minimum absolute atomic E-state index is 0.0586. The van der Waals surface area contributed by atoms with Crippen molar-refractivity contribution in [1.82, 2.24) is 9.62 Å². The van der Waals surface area contributed by atoms with Gasteiger partial charge >= 0.3 is 0 Å². The average Bonchev–Trinajstić information content (AvgIpc) is 3.06. The molecule has 1 aromatic carbocycles. The molecule has 23 heavy (non-hydrogen) atoms. The number of carbonyl (C=O) groups excluding carboxylic acids is 1. The molecule has 2 aromatic rings. The van der Waals surface area contributed by atoms with Gasteiger partial charge in [0.05, 0.1) is 11.4 Å². The molecule has 0 radical (unpaired) electrons. The fourth-order valence-electron chi connectivity index (χ4n) is 2.10. The van der Waals surface area contributed by atoms with Crippen molar-refractivity contribution in [2.75, 3.05) is 13.1 Å². The van der Waals surface area contributed by atoms with Crippen molar-refractivity contribution in [3.8, 4) is 0 Å². The van der Waals surface area contributed by atoms with Crippen molar-refractivity contribution in [2.24, 2.45) is 0 Å². The van der Waals surface area contributed by atoms with E-state index < -0.39 is 10.0 Å². The van der Waals surface area contributed by atoms with Crippen molar-refractivity contribution < 1.29 is 13.2 Å². The molecule has 1 amide bonds. The minimum atomic E-state index is -3.56. The molecular formula is C16H20N2O3S2. The van der Waals surface area contributed by atoms with Crippen LogP contribution in [-0.2, 0) is 21.4 Å². The second kappa shape index (κ2) is 8.24. The van der Waals surface area contributed by atoms with E-state index in [9.17, 15) is 13.2 Å². The van der Waals surface area contributed by atoms with Crippen LogP contribution < -0.4 is 4.72 Å². The van der Waals surface area contributed by atoms with Crippen LogP contribution in [0.25, 0.3) is 0 Å². The Hall–Kier alpha value is -1.70. The Labute approximate surface area is 141 Å². The zero-order chi connectivity index (χ0) is 16.7. The van der Waals surface area contributed by atoms with E-state index in [0.717, 1.165) is 4.88 Å². The third-order valence-corrected chi connectivity index (χ3v) is 5.68. The molecular weight excluding hydrogens is 332 g/mol.